The highest BCUT2D eigenvalue weighted by molar-refractivity contribution is 6.30. The lowest BCUT2D eigenvalue weighted by Crippen LogP contribution is -2.32. The van der Waals surface area contributed by atoms with Crippen molar-refractivity contribution in [2.24, 2.45) is 5.92 Å². The van der Waals surface area contributed by atoms with E-state index in [1.807, 2.05) is 0 Å². The van der Waals surface area contributed by atoms with Crippen molar-refractivity contribution in [1.82, 2.24) is 30.5 Å². The molecule has 3 heterocycles. The first-order valence-electron chi connectivity index (χ1n) is 8.84. The van der Waals surface area contributed by atoms with Crippen molar-refractivity contribution in [3.05, 3.63) is 63.3 Å². The fourth-order valence-corrected chi connectivity index (χ4v) is 3.50. The van der Waals surface area contributed by atoms with Gasteiger partial charge in [-0.25, -0.2) is 4.39 Å². The maximum atomic E-state index is 14.0. The number of aromatic amines is 1. The zero-order valence-electron chi connectivity index (χ0n) is 14.8. The maximum Gasteiger partial charge on any atom is 0.261 e. The summed E-state index contributed by atoms with van der Waals surface area (Å²) >= 11 is 5.81. The Morgan fingerprint density at radius 3 is 3.04 bits per heavy atom. The van der Waals surface area contributed by atoms with Crippen molar-refractivity contribution in [2.75, 3.05) is 19.7 Å². The smallest absolute Gasteiger partial charge is 0.261 e. The van der Waals surface area contributed by atoms with E-state index in [0.717, 1.165) is 0 Å². The van der Waals surface area contributed by atoms with Gasteiger partial charge in [0.05, 0.1) is 23.3 Å². The monoisotopic (exact) mass is 404 g/mol. The van der Waals surface area contributed by atoms with Crippen molar-refractivity contribution >= 4 is 11.6 Å². The first kappa shape index (κ1) is 18.7. The van der Waals surface area contributed by atoms with Crippen LogP contribution in [0.2, 0.25) is 5.02 Å². The maximum absolute atomic E-state index is 14.0. The van der Waals surface area contributed by atoms with Crippen LogP contribution in [0, 0.1) is 11.7 Å². The summed E-state index contributed by atoms with van der Waals surface area (Å²) in [5.74, 6) is -0.345. The normalized spacial score (nSPS) is 20.1. The zero-order chi connectivity index (χ0) is 19.5. The average molecular weight is 405 g/mol. The number of benzene rings is 1. The molecular weight excluding hydrogens is 387 g/mol. The Morgan fingerprint density at radius 2 is 2.25 bits per heavy atom. The molecule has 1 saturated heterocycles. The van der Waals surface area contributed by atoms with Crippen molar-refractivity contribution in [3.8, 4) is 11.4 Å². The molecular formula is C18H18ClFN6O2. The zero-order valence-corrected chi connectivity index (χ0v) is 15.6. The number of tetrazole rings is 1. The van der Waals surface area contributed by atoms with Gasteiger partial charge < -0.3 is 14.6 Å². The van der Waals surface area contributed by atoms with Crippen LogP contribution in [0.3, 0.4) is 0 Å². The molecule has 2 atom stereocenters. The molecule has 0 aliphatic carbocycles. The molecule has 2 N–H and O–H groups in total. The van der Waals surface area contributed by atoms with Gasteiger partial charge in [0, 0.05) is 31.7 Å². The van der Waals surface area contributed by atoms with E-state index in [1.165, 1.54) is 12.1 Å². The van der Waals surface area contributed by atoms with E-state index >= 15 is 0 Å². The summed E-state index contributed by atoms with van der Waals surface area (Å²) in [6.45, 7) is 2.17. The summed E-state index contributed by atoms with van der Waals surface area (Å²) in [5.41, 5.74) is 0.819. The quantitative estimate of drug-likeness (QED) is 0.688. The molecule has 1 fully saturated rings. The molecule has 1 aliphatic rings. The second-order valence-electron chi connectivity index (χ2n) is 6.54. The topological polar surface area (TPSA) is 97.7 Å². The molecule has 1 aromatic carbocycles. The van der Waals surface area contributed by atoms with Crippen molar-refractivity contribution < 1.29 is 9.13 Å². The van der Waals surface area contributed by atoms with Gasteiger partial charge in [0.1, 0.15) is 5.82 Å². The highest BCUT2D eigenvalue weighted by Gasteiger charge is 2.28. The van der Waals surface area contributed by atoms with Gasteiger partial charge in [-0.15, -0.1) is 10.2 Å². The van der Waals surface area contributed by atoms with E-state index in [1.54, 1.807) is 29.0 Å². The van der Waals surface area contributed by atoms with E-state index < -0.39 is 5.82 Å². The number of aromatic nitrogens is 5. The van der Waals surface area contributed by atoms with Crippen LogP contribution >= 0.6 is 11.6 Å². The molecule has 3 aromatic rings. The number of nitrogens with one attached hydrogen (secondary N) is 2. The van der Waals surface area contributed by atoms with Gasteiger partial charge in [0.15, 0.2) is 0 Å². The third kappa shape index (κ3) is 3.82. The summed E-state index contributed by atoms with van der Waals surface area (Å²) in [5, 5.41) is 17.0. The Morgan fingerprint density at radius 1 is 1.36 bits per heavy atom. The van der Waals surface area contributed by atoms with Crippen molar-refractivity contribution in [2.45, 2.75) is 12.6 Å². The molecule has 2 unspecified atom stereocenters. The van der Waals surface area contributed by atoms with E-state index in [0.29, 0.717) is 37.4 Å². The Kier molecular flexibility index (Phi) is 5.47. The van der Waals surface area contributed by atoms with Crippen LogP contribution in [0.5, 0.6) is 0 Å². The minimum atomic E-state index is -0.491. The summed E-state index contributed by atoms with van der Waals surface area (Å²) in [4.78, 5) is 12.9. The Labute approximate surface area is 164 Å². The van der Waals surface area contributed by atoms with E-state index in [9.17, 15) is 9.18 Å². The van der Waals surface area contributed by atoms with Gasteiger partial charge in [-0.1, -0.05) is 17.7 Å². The van der Waals surface area contributed by atoms with E-state index in [4.69, 9.17) is 16.3 Å². The second-order valence-corrected chi connectivity index (χ2v) is 6.95. The SMILES string of the molecule is O=c1c(-c2nn[nH]n2)cccn1CC1CNCCOC1c1ccc(Cl)c(F)c1. The lowest BCUT2D eigenvalue weighted by atomic mass is 9.95. The summed E-state index contributed by atoms with van der Waals surface area (Å²) in [6.07, 6.45) is 1.33. The Bertz CT molecular complexity index is 1010. The number of hydrogen-bond acceptors (Lipinski definition) is 6. The van der Waals surface area contributed by atoms with Crippen LogP contribution in [-0.4, -0.2) is 44.9 Å². The molecule has 0 spiro atoms. The highest BCUT2D eigenvalue weighted by atomic mass is 35.5. The third-order valence-electron chi connectivity index (χ3n) is 4.72. The minimum absolute atomic E-state index is 0.0658. The molecule has 10 heteroatoms. The fourth-order valence-electron chi connectivity index (χ4n) is 3.39. The largest absolute Gasteiger partial charge is 0.372 e. The molecule has 146 valence electrons. The number of ether oxygens (including phenoxy) is 1. The number of H-pyrrole nitrogens is 1. The van der Waals surface area contributed by atoms with Crippen LogP contribution in [0.15, 0.2) is 41.3 Å². The third-order valence-corrected chi connectivity index (χ3v) is 5.03. The molecule has 4 rings (SSSR count). The summed E-state index contributed by atoms with van der Waals surface area (Å²) in [6, 6.07) is 8.08. The molecule has 0 bridgehead atoms. The molecule has 0 radical (unpaired) electrons. The van der Waals surface area contributed by atoms with Crippen LogP contribution in [0.4, 0.5) is 4.39 Å². The molecule has 2 aromatic heterocycles. The molecule has 0 amide bonds. The number of pyridine rings is 1. The molecule has 1 aliphatic heterocycles. The van der Waals surface area contributed by atoms with Gasteiger partial charge in [0.25, 0.3) is 5.56 Å². The highest BCUT2D eigenvalue weighted by Crippen LogP contribution is 2.30. The van der Waals surface area contributed by atoms with E-state index in [-0.39, 0.29) is 28.4 Å². The predicted molar refractivity (Wildman–Crippen MR) is 100 cm³/mol. The van der Waals surface area contributed by atoms with Crippen molar-refractivity contribution in [1.29, 1.82) is 0 Å². The molecule has 28 heavy (non-hydrogen) atoms. The summed E-state index contributed by atoms with van der Waals surface area (Å²) < 4.78 is 21.6. The first-order valence-corrected chi connectivity index (χ1v) is 9.22. The van der Waals surface area contributed by atoms with Gasteiger partial charge >= 0.3 is 0 Å². The van der Waals surface area contributed by atoms with Crippen LogP contribution in [0.25, 0.3) is 11.4 Å². The number of nitrogens with zero attached hydrogens (tertiary/aromatic N) is 4. The molecule has 0 saturated carbocycles. The van der Waals surface area contributed by atoms with Crippen LogP contribution in [-0.2, 0) is 11.3 Å². The lowest BCUT2D eigenvalue weighted by Gasteiger charge is -2.26. The average Bonchev–Trinajstić information content (AvgIpc) is 3.12. The van der Waals surface area contributed by atoms with Gasteiger partial charge in [-0.05, 0) is 35.0 Å². The number of hydrogen-bond donors (Lipinski definition) is 2. The van der Waals surface area contributed by atoms with Crippen LogP contribution < -0.4 is 10.9 Å². The lowest BCUT2D eigenvalue weighted by molar-refractivity contribution is 0.0249. The first-order chi connectivity index (χ1) is 13.6. The van der Waals surface area contributed by atoms with Gasteiger partial charge in [-0.3, -0.25) is 4.79 Å². The standard InChI is InChI=1S/C18H18ClFN6O2/c19-14-4-3-11(8-15(14)20)16-12(9-21-5-7-28-16)10-26-6-1-2-13(18(26)27)17-22-24-25-23-17/h1-4,6,8,12,16,21H,5,7,9-10H2,(H,22,23,24,25). The Balaban J connectivity index is 1.65. The van der Waals surface area contributed by atoms with Gasteiger partial charge in [-0.2, -0.15) is 5.21 Å². The number of rotatable bonds is 4. The summed E-state index contributed by atoms with van der Waals surface area (Å²) in [7, 11) is 0. The second kappa shape index (κ2) is 8.17. The fraction of sp³-hybridized carbons (Fsp3) is 0.333. The number of halogens is 2. The predicted octanol–water partition coefficient (Wildman–Crippen LogP) is 1.80. The minimum Gasteiger partial charge on any atom is -0.372 e. The molecule has 8 nitrogen and oxygen atoms in total. The van der Waals surface area contributed by atoms with Crippen molar-refractivity contribution in [3.63, 3.8) is 0 Å². The van der Waals surface area contributed by atoms with E-state index in [2.05, 4.69) is 25.9 Å². The Hall–Kier alpha value is -2.62. The van der Waals surface area contributed by atoms with Gasteiger partial charge in [0.2, 0.25) is 5.82 Å². The van der Waals surface area contributed by atoms with Crippen LogP contribution in [0.1, 0.15) is 11.7 Å².